The zero-order chi connectivity index (χ0) is 13.3. The summed E-state index contributed by atoms with van der Waals surface area (Å²) in [5, 5.41) is 0.317. The summed E-state index contributed by atoms with van der Waals surface area (Å²) in [4.78, 5) is 0. The molecule has 0 saturated carbocycles. The van der Waals surface area contributed by atoms with Crippen LogP contribution in [0.3, 0.4) is 0 Å². The summed E-state index contributed by atoms with van der Waals surface area (Å²) >= 11 is 11.4. The maximum Gasteiger partial charge on any atom is 0.145 e. The Bertz CT molecular complexity index is 582. The minimum absolute atomic E-state index is 0.0150. The van der Waals surface area contributed by atoms with Gasteiger partial charge in [0.1, 0.15) is 11.6 Å². The van der Waals surface area contributed by atoms with Gasteiger partial charge in [0, 0.05) is 16.5 Å². The van der Waals surface area contributed by atoms with Crippen molar-refractivity contribution in [3.8, 4) is 0 Å². The molecule has 0 bridgehead atoms. The Kier molecular flexibility index (Phi) is 3.88. The van der Waals surface area contributed by atoms with Gasteiger partial charge < -0.3 is 0 Å². The SMILES string of the molecule is C[C](c1ccc(Cl)cc1F)c1cccc(Cl)c1F. The number of halogens is 4. The van der Waals surface area contributed by atoms with E-state index in [1.165, 1.54) is 18.2 Å². The van der Waals surface area contributed by atoms with Crippen molar-refractivity contribution < 1.29 is 8.78 Å². The highest BCUT2D eigenvalue weighted by atomic mass is 35.5. The van der Waals surface area contributed by atoms with Crippen molar-refractivity contribution in [2.45, 2.75) is 6.92 Å². The fourth-order valence-electron chi connectivity index (χ4n) is 1.73. The van der Waals surface area contributed by atoms with E-state index in [0.29, 0.717) is 16.5 Å². The molecule has 2 rings (SSSR count). The Labute approximate surface area is 114 Å². The molecular formula is C14H9Cl2F2. The molecule has 0 N–H and O–H groups in total. The largest absolute Gasteiger partial charge is 0.207 e. The molecule has 0 aliphatic rings. The van der Waals surface area contributed by atoms with Gasteiger partial charge in [-0.25, -0.2) is 8.78 Å². The normalized spacial score (nSPS) is 11.0. The number of hydrogen-bond acceptors (Lipinski definition) is 0. The second-order valence-corrected chi connectivity index (χ2v) is 4.69. The molecule has 0 aromatic heterocycles. The second kappa shape index (κ2) is 5.25. The predicted molar refractivity (Wildman–Crippen MR) is 69.9 cm³/mol. The Morgan fingerprint density at radius 2 is 1.72 bits per heavy atom. The molecule has 93 valence electrons. The summed E-state index contributed by atoms with van der Waals surface area (Å²) < 4.78 is 27.6. The van der Waals surface area contributed by atoms with E-state index in [1.54, 1.807) is 25.1 Å². The lowest BCUT2D eigenvalue weighted by atomic mass is 9.92. The van der Waals surface area contributed by atoms with Gasteiger partial charge in [-0.1, -0.05) is 48.3 Å². The Morgan fingerprint density at radius 1 is 1.00 bits per heavy atom. The molecule has 2 aromatic rings. The van der Waals surface area contributed by atoms with Crippen molar-refractivity contribution in [3.63, 3.8) is 0 Å². The summed E-state index contributed by atoms with van der Waals surface area (Å²) in [7, 11) is 0. The van der Waals surface area contributed by atoms with Gasteiger partial charge in [0.05, 0.1) is 5.02 Å². The van der Waals surface area contributed by atoms with Gasteiger partial charge >= 0.3 is 0 Å². The first kappa shape index (κ1) is 13.3. The molecule has 0 aliphatic heterocycles. The summed E-state index contributed by atoms with van der Waals surface area (Å²) in [6.07, 6.45) is 0. The number of rotatable bonds is 2. The minimum atomic E-state index is -0.550. The van der Waals surface area contributed by atoms with E-state index in [4.69, 9.17) is 23.2 Å². The molecule has 18 heavy (non-hydrogen) atoms. The number of benzene rings is 2. The van der Waals surface area contributed by atoms with Crippen molar-refractivity contribution >= 4 is 23.2 Å². The van der Waals surface area contributed by atoms with E-state index in [2.05, 4.69) is 0 Å². The topological polar surface area (TPSA) is 0 Å². The van der Waals surface area contributed by atoms with E-state index in [0.717, 1.165) is 0 Å². The molecule has 2 aromatic carbocycles. The molecule has 4 heteroatoms. The van der Waals surface area contributed by atoms with Gasteiger partial charge in [-0.05, 0) is 23.8 Å². The second-order valence-electron chi connectivity index (χ2n) is 3.85. The number of hydrogen-bond donors (Lipinski definition) is 0. The van der Waals surface area contributed by atoms with Crippen LogP contribution in [-0.4, -0.2) is 0 Å². The van der Waals surface area contributed by atoms with Crippen molar-refractivity contribution in [3.05, 3.63) is 75.1 Å². The quantitative estimate of drug-likeness (QED) is 0.706. The van der Waals surface area contributed by atoms with Crippen LogP contribution >= 0.6 is 23.2 Å². The molecule has 0 atom stereocenters. The first-order valence-electron chi connectivity index (χ1n) is 5.24. The fourth-order valence-corrected chi connectivity index (χ4v) is 2.07. The molecule has 0 saturated heterocycles. The third-order valence-corrected chi connectivity index (χ3v) is 3.22. The van der Waals surface area contributed by atoms with Gasteiger partial charge in [-0.3, -0.25) is 0 Å². The van der Waals surface area contributed by atoms with Crippen molar-refractivity contribution in [1.29, 1.82) is 0 Å². The zero-order valence-corrected chi connectivity index (χ0v) is 11.0. The van der Waals surface area contributed by atoms with E-state index in [9.17, 15) is 8.78 Å². The van der Waals surface area contributed by atoms with Gasteiger partial charge in [-0.2, -0.15) is 0 Å². The van der Waals surface area contributed by atoms with Crippen LogP contribution in [0.15, 0.2) is 36.4 Å². The molecule has 0 aliphatic carbocycles. The molecular weight excluding hydrogens is 277 g/mol. The lowest BCUT2D eigenvalue weighted by Gasteiger charge is -2.14. The Hall–Kier alpha value is -1.12. The first-order valence-corrected chi connectivity index (χ1v) is 5.99. The fraction of sp³-hybridized carbons (Fsp3) is 0.0714. The van der Waals surface area contributed by atoms with Crippen molar-refractivity contribution in [2.24, 2.45) is 0 Å². The van der Waals surface area contributed by atoms with Crippen molar-refractivity contribution in [1.82, 2.24) is 0 Å². The van der Waals surface area contributed by atoms with E-state index >= 15 is 0 Å². The highest BCUT2D eigenvalue weighted by Crippen LogP contribution is 2.31. The van der Waals surface area contributed by atoms with Crippen LogP contribution in [0.25, 0.3) is 0 Å². The van der Waals surface area contributed by atoms with E-state index in [-0.39, 0.29) is 10.6 Å². The summed E-state index contributed by atoms with van der Waals surface area (Å²) in [6.45, 7) is 1.64. The Morgan fingerprint density at radius 3 is 2.39 bits per heavy atom. The third kappa shape index (κ3) is 2.50. The first-order chi connectivity index (χ1) is 8.50. The summed E-state index contributed by atoms with van der Waals surface area (Å²) in [5.41, 5.74) is 0.587. The van der Waals surface area contributed by atoms with Gasteiger partial charge in [0.2, 0.25) is 0 Å². The van der Waals surface area contributed by atoms with E-state index in [1.807, 2.05) is 0 Å². The van der Waals surface area contributed by atoms with Gasteiger partial charge in [0.25, 0.3) is 0 Å². The van der Waals surface area contributed by atoms with Gasteiger partial charge in [0.15, 0.2) is 0 Å². The van der Waals surface area contributed by atoms with Crippen LogP contribution < -0.4 is 0 Å². The third-order valence-electron chi connectivity index (χ3n) is 2.69. The molecule has 0 amide bonds. The minimum Gasteiger partial charge on any atom is -0.207 e. The van der Waals surface area contributed by atoms with Crippen LogP contribution in [0.2, 0.25) is 10.0 Å². The molecule has 0 unspecified atom stereocenters. The zero-order valence-electron chi connectivity index (χ0n) is 9.48. The highest BCUT2D eigenvalue weighted by Gasteiger charge is 2.18. The molecule has 0 nitrogen and oxygen atoms in total. The maximum atomic E-state index is 13.8. The molecule has 0 spiro atoms. The summed E-state index contributed by atoms with van der Waals surface area (Å²) in [5.74, 6) is -0.561. The van der Waals surface area contributed by atoms with E-state index < -0.39 is 11.6 Å². The maximum absolute atomic E-state index is 13.8. The van der Waals surface area contributed by atoms with Gasteiger partial charge in [-0.15, -0.1) is 0 Å². The lowest BCUT2D eigenvalue weighted by Crippen LogP contribution is -2.03. The smallest absolute Gasteiger partial charge is 0.145 e. The van der Waals surface area contributed by atoms with Crippen LogP contribution in [0.5, 0.6) is 0 Å². The standard InChI is InChI=1S/C14H9Cl2F2/c1-8(10-6-5-9(15)7-13(10)17)11-3-2-4-12(16)14(11)18/h2-7H,1H3. The van der Waals surface area contributed by atoms with Crippen molar-refractivity contribution in [2.75, 3.05) is 0 Å². The lowest BCUT2D eigenvalue weighted by molar-refractivity contribution is 0.605. The average molecular weight is 286 g/mol. The van der Waals surface area contributed by atoms with Crippen LogP contribution in [0, 0.1) is 17.6 Å². The molecule has 1 radical (unpaired) electrons. The monoisotopic (exact) mass is 285 g/mol. The van der Waals surface area contributed by atoms with Crippen LogP contribution in [0.4, 0.5) is 8.78 Å². The Balaban J connectivity index is 2.48. The van der Waals surface area contributed by atoms with Crippen LogP contribution in [0.1, 0.15) is 18.1 Å². The highest BCUT2D eigenvalue weighted by molar-refractivity contribution is 6.31. The summed E-state index contributed by atoms with van der Waals surface area (Å²) in [6, 6.07) is 8.91. The molecule has 0 heterocycles. The van der Waals surface area contributed by atoms with Crippen LogP contribution in [-0.2, 0) is 0 Å². The average Bonchev–Trinajstić information content (AvgIpc) is 2.32. The predicted octanol–water partition coefficient (Wildman–Crippen LogP) is 5.26. The molecule has 0 fully saturated rings.